The van der Waals surface area contributed by atoms with Gasteiger partial charge in [0.1, 0.15) is 0 Å². The fraction of sp³-hybridized carbons (Fsp3) is 0.588. The molecule has 1 saturated heterocycles. The minimum atomic E-state index is -3.38. The fourth-order valence-electron chi connectivity index (χ4n) is 2.77. The lowest BCUT2D eigenvalue weighted by Gasteiger charge is -2.22. The Bertz CT molecular complexity index is 654. The normalized spacial score (nSPS) is 17.7. The second kappa shape index (κ2) is 8.48. The lowest BCUT2D eigenvalue weighted by atomic mass is 10.2. The molecule has 1 atom stereocenters. The van der Waals surface area contributed by atoms with Gasteiger partial charge in [-0.25, -0.2) is 8.42 Å². The van der Waals surface area contributed by atoms with Gasteiger partial charge < -0.3 is 10.1 Å². The van der Waals surface area contributed by atoms with Gasteiger partial charge in [-0.1, -0.05) is 12.1 Å². The molecule has 134 valence electrons. The molecule has 0 unspecified atom stereocenters. The van der Waals surface area contributed by atoms with Gasteiger partial charge in [0.05, 0.1) is 18.0 Å². The molecule has 2 rings (SSSR count). The monoisotopic (exact) mass is 354 g/mol. The van der Waals surface area contributed by atoms with Crippen LogP contribution in [0.25, 0.3) is 0 Å². The second-order valence-electron chi connectivity index (χ2n) is 6.22. The first-order valence-corrected chi connectivity index (χ1v) is 10.1. The maximum atomic E-state index is 12.0. The van der Waals surface area contributed by atoms with Crippen molar-refractivity contribution in [3.05, 3.63) is 29.8 Å². The third-order valence-electron chi connectivity index (χ3n) is 4.01. The molecule has 1 aliphatic rings. The molecule has 1 N–H and O–H groups in total. The highest BCUT2D eigenvalue weighted by Gasteiger charge is 2.19. The Morgan fingerprint density at radius 3 is 2.83 bits per heavy atom. The number of nitrogens with one attached hydrogen (secondary N) is 1. The van der Waals surface area contributed by atoms with Crippen LogP contribution in [0.1, 0.15) is 31.2 Å². The highest BCUT2D eigenvalue weighted by atomic mass is 32.2. The molecule has 0 aromatic heterocycles. The largest absolute Gasteiger partial charge is 0.376 e. The highest BCUT2D eigenvalue weighted by Crippen LogP contribution is 2.19. The zero-order valence-corrected chi connectivity index (χ0v) is 15.1. The van der Waals surface area contributed by atoms with Crippen LogP contribution in [0.5, 0.6) is 0 Å². The molecule has 1 aromatic carbocycles. The summed E-state index contributed by atoms with van der Waals surface area (Å²) >= 11 is 0. The molecular weight excluding hydrogens is 328 g/mol. The zero-order chi connectivity index (χ0) is 17.6. The summed E-state index contributed by atoms with van der Waals surface area (Å²) < 4.78 is 30.9. The Kier molecular flexibility index (Phi) is 6.62. The number of ether oxygens (including phenoxy) is 1. The number of aryl methyl sites for hydroxylation is 1. The number of amides is 1. The molecule has 24 heavy (non-hydrogen) atoms. The molecular formula is C17H26N2O4S. The number of hydrogen-bond donors (Lipinski definition) is 1. The van der Waals surface area contributed by atoms with Gasteiger partial charge in [-0.2, -0.15) is 0 Å². The van der Waals surface area contributed by atoms with E-state index in [-0.39, 0.29) is 18.6 Å². The smallest absolute Gasteiger partial charge is 0.232 e. The number of carbonyl (C=O) groups is 1. The molecule has 0 radical (unpaired) electrons. The SMILES string of the molecule is Cc1cccc(N(CCCC(=O)NC[C@H]2CCCO2)S(C)(=O)=O)c1. The van der Waals surface area contributed by atoms with Crippen molar-refractivity contribution in [2.75, 3.05) is 30.3 Å². The summed E-state index contributed by atoms with van der Waals surface area (Å²) in [7, 11) is -3.38. The first-order valence-electron chi connectivity index (χ1n) is 8.29. The van der Waals surface area contributed by atoms with Crippen molar-refractivity contribution in [2.24, 2.45) is 0 Å². The van der Waals surface area contributed by atoms with E-state index >= 15 is 0 Å². The summed E-state index contributed by atoms with van der Waals surface area (Å²) in [5.41, 5.74) is 1.63. The van der Waals surface area contributed by atoms with E-state index in [4.69, 9.17) is 4.74 Å². The standard InChI is InChI=1S/C17H26N2O4S/c1-14-6-3-7-15(12-14)19(24(2,21)22)10-4-9-17(20)18-13-16-8-5-11-23-16/h3,6-7,12,16H,4-5,8-11,13H2,1-2H3,(H,18,20)/t16-/m1/s1. The number of rotatable bonds is 8. The molecule has 0 bridgehead atoms. The number of carbonyl (C=O) groups excluding carboxylic acids is 1. The fourth-order valence-corrected chi connectivity index (χ4v) is 3.73. The first kappa shape index (κ1) is 18.7. The molecule has 1 aliphatic heterocycles. The van der Waals surface area contributed by atoms with E-state index in [0.717, 1.165) is 25.0 Å². The van der Waals surface area contributed by atoms with Crippen LogP contribution in [0.3, 0.4) is 0 Å². The number of anilines is 1. The third kappa shape index (κ3) is 5.79. The molecule has 0 spiro atoms. The summed E-state index contributed by atoms with van der Waals surface area (Å²) in [4.78, 5) is 11.9. The lowest BCUT2D eigenvalue weighted by molar-refractivity contribution is -0.121. The van der Waals surface area contributed by atoms with Gasteiger partial charge in [0.15, 0.2) is 0 Å². The predicted molar refractivity (Wildman–Crippen MR) is 94.6 cm³/mol. The Morgan fingerprint density at radius 1 is 1.42 bits per heavy atom. The van der Waals surface area contributed by atoms with Crippen molar-refractivity contribution in [3.63, 3.8) is 0 Å². The molecule has 0 saturated carbocycles. The van der Waals surface area contributed by atoms with Crippen molar-refractivity contribution in [2.45, 2.75) is 38.7 Å². The van der Waals surface area contributed by atoms with E-state index in [1.54, 1.807) is 6.07 Å². The van der Waals surface area contributed by atoms with E-state index in [2.05, 4.69) is 5.32 Å². The third-order valence-corrected chi connectivity index (χ3v) is 5.20. The van der Waals surface area contributed by atoms with Gasteiger partial charge in [-0.15, -0.1) is 0 Å². The summed E-state index contributed by atoms with van der Waals surface area (Å²) in [5.74, 6) is -0.0665. The summed E-state index contributed by atoms with van der Waals surface area (Å²) in [6.45, 7) is 3.50. The van der Waals surface area contributed by atoms with Crippen LogP contribution >= 0.6 is 0 Å². The van der Waals surface area contributed by atoms with Crippen LogP contribution in [-0.2, 0) is 19.6 Å². The number of hydrogen-bond acceptors (Lipinski definition) is 4. The number of benzene rings is 1. The summed E-state index contributed by atoms with van der Waals surface area (Å²) in [6.07, 6.45) is 4.10. The Labute approximate surface area is 144 Å². The molecule has 0 aliphatic carbocycles. The average Bonchev–Trinajstić information content (AvgIpc) is 3.01. The van der Waals surface area contributed by atoms with Crippen molar-refractivity contribution in [1.29, 1.82) is 0 Å². The summed E-state index contributed by atoms with van der Waals surface area (Å²) in [5, 5.41) is 2.85. The van der Waals surface area contributed by atoms with Gasteiger partial charge in [0.25, 0.3) is 0 Å². The molecule has 1 aromatic rings. The number of sulfonamides is 1. The van der Waals surface area contributed by atoms with E-state index in [9.17, 15) is 13.2 Å². The van der Waals surface area contributed by atoms with Crippen molar-refractivity contribution in [1.82, 2.24) is 5.32 Å². The van der Waals surface area contributed by atoms with Crippen molar-refractivity contribution in [3.8, 4) is 0 Å². The Hall–Kier alpha value is -1.60. The minimum Gasteiger partial charge on any atom is -0.376 e. The predicted octanol–water partition coefficient (Wildman–Crippen LogP) is 1.84. The minimum absolute atomic E-state index is 0.0665. The quantitative estimate of drug-likeness (QED) is 0.773. The topological polar surface area (TPSA) is 75.7 Å². The second-order valence-corrected chi connectivity index (χ2v) is 8.12. The van der Waals surface area contributed by atoms with Gasteiger partial charge >= 0.3 is 0 Å². The molecule has 6 nitrogen and oxygen atoms in total. The van der Waals surface area contributed by atoms with Gasteiger partial charge in [-0.3, -0.25) is 9.10 Å². The van der Waals surface area contributed by atoms with Crippen LogP contribution < -0.4 is 9.62 Å². The molecule has 1 amide bonds. The van der Waals surface area contributed by atoms with Crippen LogP contribution in [0.2, 0.25) is 0 Å². The summed E-state index contributed by atoms with van der Waals surface area (Å²) in [6, 6.07) is 7.35. The Balaban J connectivity index is 1.83. The van der Waals surface area contributed by atoms with Crippen LogP contribution in [-0.4, -0.2) is 46.4 Å². The Morgan fingerprint density at radius 2 is 2.21 bits per heavy atom. The van der Waals surface area contributed by atoms with Crippen molar-refractivity contribution >= 4 is 21.6 Å². The maximum Gasteiger partial charge on any atom is 0.232 e. The van der Waals surface area contributed by atoms with E-state index < -0.39 is 10.0 Å². The lowest BCUT2D eigenvalue weighted by Crippen LogP contribution is -2.34. The molecule has 1 heterocycles. The van der Waals surface area contributed by atoms with Gasteiger partial charge in [0.2, 0.25) is 15.9 Å². The van der Waals surface area contributed by atoms with Crippen LogP contribution in [0.4, 0.5) is 5.69 Å². The van der Waals surface area contributed by atoms with Gasteiger partial charge in [-0.05, 0) is 43.9 Å². The molecule has 1 fully saturated rings. The highest BCUT2D eigenvalue weighted by molar-refractivity contribution is 7.92. The first-order chi connectivity index (χ1) is 11.4. The zero-order valence-electron chi connectivity index (χ0n) is 14.3. The average molecular weight is 354 g/mol. The maximum absolute atomic E-state index is 12.0. The van der Waals surface area contributed by atoms with E-state index in [1.165, 1.54) is 10.6 Å². The van der Waals surface area contributed by atoms with Gasteiger partial charge in [0, 0.05) is 26.1 Å². The van der Waals surface area contributed by atoms with E-state index in [1.807, 2.05) is 25.1 Å². The van der Waals surface area contributed by atoms with E-state index in [0.29, 0.717) is 25.1 Å². The van der Waals surface area contributed by atoms with Crippen LogP contribution in [0, 0.1) is 6.92 Å². The van der Waals surface area contributed by atoms with Crippen LogP contribution in [0.15, 0.2) is 24.3 Å². The van der Waals surface area contributed by atoms with Crippen molar-refractivity contribution < 1.29 is 17.9 Å². The number of nitrogens with zero attached hydrogens (tertiary/aromatic N) is 1. The molecule has 7 heteroatoms.